The molecule has 0 saturated carbocycles. The van der Waals surface area contributed by atoms with Gasteiger partial charge in [-0.3, -0.25) is 4.21 Å². The second kappa shape index (κ2) is 6.57. The van der Waals surface area contributed by atoms with Crippen molar-refractivity contribution in [3.8, 4) is 11.1 Å². The minimum absolute atomic E-state index is 0.113. The zero-order valence-electron chi connectivity index (χ0n) is 13.2. The Kier molecular flexibility index (Phi) is 4.11. The molecule has 1 aliphatic rings. The van der Waals surface area contributed by atoms with Gasteiger partial charge in [0.1, 0.15) is 0 Å². The molecule has 25 heavy (non-hydrogen) atoms. The lowest BCUT2D eigenvalue weighted by atomic mass is 9.97. The first kappa shape index (κ1) is 15.7. The molecule has 1 aromatic heterocycles. The van der Waals surface area contributed by atoms with Crippen LogP contribution in [0.5, 0.6) is 0 Å². The van der Waals surface area contributed by atoms with Crippen LogP contribution in [0.4, 0.5) is 5.69 Å². The van der Waals surface area contributed by atoms with Crippen molar-refractivity contribution in [3.05, 3.63) is 72.2 Å². The molecule has 0 aliphatic carbocycles. The van der Waals surface area contributed by atoms with Crippen LogP contribution in [0.25, 0.3) is 11.1 Å². The lowest BCUT2D eigenvalue weighted by Crippen LogP contribution is -2.23. The van der Waals surface area contributed by atoms with Crippen LogP contribution in [0.3, 0.4) is 0 Å². The first-order chi connectivity index (χ1) is 12.2. The molecule has 0 amide bonds. The average Bonchev–Trinajstić information content (AvgIpc) is 3.17. The summed E-state index contributed by atoms with van der Waals surface area (Å²) in [6, 6.07) is 14.8. The molecule has 2 aromatic carbocycles. The van der Waals surface area contributed by atoms with Crippen LogP contribution < -0.4 is 5.32 Å². The van der Waals surface area contributed by atoms with Crippen molar-refractivity contribution in [1.29, 1.82) is 0 Å². The topological polar surface area (TPSA) is 68.5 Å². The number of carbonyl (C=O) groups is 1. The Morgan fingerprint density at radius 3 is 2.68 bits per heavy atom. The summed E-state index contributed by atoms with van der Waals surface area (Å²) < 4.78 is 22.9. The van der Waals surface area contributed by atoms with Crippen molar-refractivity contribution in [1.82, 2.24) is 0 Å². The number of fused-ring (bicyclic) bond motifs is 1. The maximum Gasteiger partial charge on any atom is 0.342 e. The van der Waals surface area contributed by atoms with Gasteiger partial charge in [-0.05, 0) is 23.8 Å². The van der Waals surface area contributed by atoms with Gasteiger partial charge in [0.25, 0.3) is 0 Å². The highest BCUT2D eigenvalue weighted by Gasteiger charge is 2.26. The molecule has 1 aliphatic heterocycles. The molecular weight excluding hydrogens is 338 g/mol. The van der Waals surface area contributed by atoms with Gasteiger partial charge in [-0.25, -0.2) is 4.79 Å². The van der Waals surface area contributed by atoms with Gasteiger partial charge in [0, 0.05) is 16.0 Å². The minimum Gasteiger partial charge on any atom is -0.472 e. The van der Waals surface area contributed by atoms with Crippen LogP contribution in [0.1, 0.15) is 15.9 Å². The van der Waals surface area contributed by atoms with Gasteiger partial charge in [-0.1, -0.05) is 30.3 Å². The summed E-state index contributed by atoms with van der Waals surface area (Å²) in [5, 5.41) is 3.12. The normalized spacial score (nSPS) is 14.3. The van der Waals surface area contributed by atoms with Crippen molar-refractivity contribution in [2.45, 2.75) is 10.6 Å². The Labute approximate surface area is 147 Å². The molecule has 4 rings (SSSR count). The lowest BCUT2D eigenvalue weighted by molar-refractivity contribution is 0.0517. The Morgan fingerprint density at radius 1 is 1.08 bits per heavy atom. The van der Waals surface area contributed by atoms with E-state index in [4.69, 9.17) is 9.15 Å². The number of nitrogens with one attached hydrogen (secondary N) is 1. The number of esters is 1. The van der Waals surface area contributed by atoms with Crippen molar-refractivity contribution >= 4 is 22.5 Å². The number of rotatable bonds is 4. The van der Waals surface area contributed by atoms with E-state index in [-0.39, 0.29) is 12.5 Å². The van der Waals surface area contributed by atoms with Crippen LogP contribution in [-0.2, 0) is 21.3 Å². The summed E-state index contributed by atoms with van der Waals surface area (Å²) >= 11 is 0. The molecular formula is C19H15NO4S. The van der Waals surface area contributed by atoms with Gasteiger partial charge >= 0.3 is 5.97 Å². The predicted molar refractivity (Wildman–Crippen MR) is 94.6 cm³/mol. The Morgan fingerprint density at radius 2 is 1.92 bits per heavy atom. The van der Waals surface area contributed by atoms with Gasteiger partial charge < -0.3 is 14.5 Å². The van der Waals surface area contributed by atoms with E-state index in [9.17, 15) is 9.00 Å². The van der Waals surface area contributed by atoms with Crippen LogP contribution in [0.2, 0.25) is 0 Å². The maximum atomic E-state index is 12.6. The highest BCUT2D eigenvalue weighted by atomic mass is 32.2. The average molecular weight is 353 g/mol. The van der Waals surface area contributed by atoms with E-state index in [1.165, 1.54) is 0 Å². The van der Waals surface area contributed by atoms with E-state index in [1.807, 2.05) is 48.5 Å². The molecule has 0 bridgehead atoms. The number of carbonyl (C=O) groups excluding carboxylic acids is 1. The van der Waals surface area contributed by atoms with Crippen molar-refractivity contribution < 1.29 is 18.2 Å². The van der Waals surface area contributed by atoms with Crippen LogP contribution in [0.15, 0.2) is 70.4 Å². The van der Waals surface area contributed by atoms with E-state index in [0.29, 0.717) is 16.8 Å². The number of anilines is 1. The molecule has 3 aromatic rings. The molecule has 0 radical (unpaired) electrons. The Bertz CT molecular complexity index is 936. The summed E-state index contributed by atoms with van der Waals surface area (Å²) in [4.78, 5) is 13.1. The van der Waals surface area contributed by atoms with E-state index >= 15 is 0 Å². The van der Waals surface area contributed by atoms with E-state index in [2.05, 4.69) is 5.32 Å². The molecule has 5 nitrogen and oxygen atoms in total. The molecule has 0 saturated heterocycles. The minimum atomic E-state index is -1.24. The summed E-state index contributed by atoms with van der Waals surface area (Å²) in [6.45, 7) is 0.113. The zero-order chi connectivity index (χ0) is 17.2. The number of cyclic esters (lactones) is 1. The maximum absolute atomic E-state index is 12.6. The second-order valence-corrected chi connectivity index (χ2v) is 7.04. The van der Waals surface area contributed by atoms with Gasteiger partial charge in [-0.15, -0.1) is 0 Å². The van der Waals surface area contributed by atoms with Crippen molar-refractivity contribution in [2.75, 3.05) is 12.0 Å². The van der Waals surface area contributed by atoms with Crippen LogP contribution in [-0.4, -0.2) is 16.9 Å². The first-order valence-corrected chi connectivity index (χ1v) is 9.09. The van der Waals surface area contributed by atoms with Gasteiger partial charge in [0.05, 0.1) is 40.3 Å². The number of hydrogen-bond donors (Lipinski definition) is 1. The molecule has 0 fully saturated rings. The molecule has 126 valence electrons. The molecule has 2 heterocycles. The number of furan rings is 1. The Hall–Kier alpha value is -2.86. The number of benzene rings is 2. The quantitative estimate of drug-likeness (QED) is 0.723. The largest absolute Gasteiger partial charge is 0.472 e. The monoisotopic (exact) mass is 353 g/mol. The fourth-order valence-electron chi connectivity index (χ4n) is 2.88. The lowest BCUT2D eigenvalue weighted by Gasteiger charge is -2.23. The second-order valence-electron chi connectivity index (χ2n) is 5.59. The van der Waals surface area contributed by atoms with Crippen molar-refractivity contribution in [3.63, 3.8) is 0 Å². The van der Waals surface area contributed by atoms with Crippen LogP contribution in [0, 0.1) is 0 Å². The van der Waals surface area contributed by atoms with E-state index in [1.54, 1.807) is 12.5 Å². The standard InChI is InChI=1S/C19H15NO4S/c21-19-17-14(11-25(22)15-4-2-1-3-5-15)6-7-16(13-8-9-23-10-13)18(17)20-12-24-19/h1-10,20H,11-12H2. The highest BCUT2D eigenvalue weighted by Crippen LogP contribution is 2.36. The van der Waals surface area contributed by atoms with Gasteiger partial charge in [0.15, 0.2) is 6.73 Å². The van der Waals surface area contributed by atoms with Crippen LogP contribution >= 0.6 is 0 Å². The summed E-state index contributed by atoms with van der Waals surface area (Å²) in [6.07, 6.45) is 3.21. The number of hydrogen-bond acceptors (Lipinski definition) is 5. The molecule has 6 heteroatoms. The van der Waals surface area contributed by atoms with Gasteiger partial charge in [0.2, 0.25) is 0 Å². The smallest absolute Gasteiger partial charge is 0.342 e. The third-order valence-electron chi connectivity index (χ3n) is 4.07. The fraction of sp³-hybridized carbons (Fsp3) is 0.105. The molecule has 1 unspecified atom stereocenters. The SMILES string of the molecule is O=C1OCNc2c(-c3ccoc3)ccc(CS(=O)c3ccccc3)c21. The number of ether oxygens (including phenoxy) is 1. The van der Waals surface area contributed by atoms with Crippen molar-refractivity contribution in [2.24, 2.45) is 0 Å². The van der Waals surface area contributed by atoms with E-state index in [0.717, 1.165) is 16.0 Å². The fourth-order valence-corrected chi connectivity index (χ4v) is 4.03. The highest BCUT2D eigenvalue weighted by molar-refractivity contribution is 7.84. The summed E-state index contributed by atoms with van der Waals surface area (Å²) in [5.41, 5.74) is 3.56. The van der Waals surface area contributed by atoms with Gasteiger partial charge in [-0.2, -0.15) is 0 Å². The zero-order valence-corrected chi connectivity index (χ0v) is 14.0. The molecule has 1 N–H and O–H groups in total. The summed E-state index contributed by atoms with van der Waals surface area (Å²) in [7, 11) is -1.24. The first-order valence-electron chi connectivity index (χ1n) is 7.77. The molecule has 0 spiro atoms. The van der Waals surface area contributed by atoms with E-state index < -0.39 is 16.8 Å². The third kappa shape index (κ3) is 2.96. The third-order valence-corrected chi connectivity index (χ3v) is 5.44. The Balaban J connectivity index is 1.76. The predicted octanol–water partition coefficient (Wildman–Crippen LogP) is 3.79. The molecule has 1 atom stereocenters. The summed E-state index contributed by atoms with van der Waals surface area (Å²) in [5.74, 6) is -0.159.